The van der Waals surface area contributed by atoms with Crippen LogP contribution in [-0.2, 0) is 10.0 Å². The van der Waals surface area contributed by atoms with Gasteiger partial charge in [0.1, 0.15) is 4.21 Å². The zero-order valence-corrected chi connectivity index (χ0v) is 14.6. The van der Waals surface area contributed by atoms with E-state index in [4.69, 9.17) is 11.6 Å². The van der Waals surface area contributed by atoms with Gasteiger partial charge in [0.2, 0.25) is 10.0 Å². The van der Waals surface area contributed by atoms with Crippen LogP contribution in [0.15, 0.2) is 40.6 Å². The third-order valence-electron chi connectivity index (χ3n) is 2.71. The Labute approximate surface area is 136 Å². The Hall–Kier alpha value is -0.400. The summed E-state index contributed by atoms with van der Waals surface area (Å²) in [4.78, 5) is -0.0741. The van der Waals surface area contributed by atoms with Crippen molar-refractivity contribution in [1.82, 2.24) is 4.72 Å². The van der Waals surface area contributed by atoms with Gasteiger partial charge in [-0.05, 0) is 24.1 Å². The summed E-state index contributed by atoms with van der Waals surface area (Å²) < 4.78 is 27.6. The van der Waals surface area contributed by atoms with Crippen molar-refractivity contribution < 1.29 is 8.42 Å². The number of sulfonamides is 1. The third kappa shape index (κ3) is 3.83. The number of thiophene rings is 1. The molecule has 0 saturated heterocycles. The minimum absolute atomic E-state index is 0.0741. The smallest absolute Gasteiger partial charge is 0.209 e. The van der Waals surface area contributed by atoms with Crippen LogP contribution in [0.1, 0.15) is 16.0 Å². The summed E-state index contributed by atoms with van der Waals surface area (Å²) in [7, 11) is -3.51. The number of halogens is 2. The van der Waals surface area contributed by atoms with E-state index >= 15 is 0 Å². The topological polar surface area (TPSA) is 46.2 Å². The molecule has 7 heteroatoms. The molecule has 0 amide bonds. The van der Waals surface area contributed by atoms with E-state index in [1.54, 1.807) is 13.0 Å². The van der Waals surface area contributed by atoms with Crippen molar-refractivity contribution in [2.45, 2.75) is 16.0 Å². The lowest BCUT2D eigenvalue weighted by molar-refractivity contribution is 0.583. The summed E-state index contributed by atoms with van der Waals surface area (Å²) in [6.45, 7) is 2.07. The number of benzene rings is 1. The van der Waals surface area contributed by atoms with E-state index in [1.165, 1.54) is 0 Å². The van der Waals surface area contributed by atoms with Gasteiger partial charge in [0, 0.05) is 6.54 Å². The molecule has 0 spiro atoms. The molecule has 1 aromatic heterocycles. The van der Waals surface area contributed by atoms with Gasteiger partial charge in [-0.1, -0.05) is 57.9 Å². The van der Waals surface area contributed by atoms with Crippen LogP contribution in [0, 0.1) is 6.92 Å². The quantitative estimate of drug-likeness (QED) is 0.775. The largest absolute Gasteiger partial charge is 0.250 e. The molecule has 2 aromatic rings. The molecular weight excluding hydrogens is 382 g/mol. The molecule has 3 nitrogen and oxygen atoms in total. The molecule has 0 saturated carbocycles. The first-order valence-corrected chi connectivity index (χ1v) is 9.44. The summed E-state index contributed by atoms with van der Waals surface area (Å²) in [5.74, 6) is 0. The fourth-order valence-corrected chi connectivity index (χ4v) is 5.08. The highest BCUT2D eigenvalue weighted by atomic mass is 79.9. The Morgan fingerprint density at radius 3 is 2.55 bits per heavy atom. The number of hydrogen-bond donors (Lipinski definition) is 1. The van der Waals surface area contributed by atoms with Crippen molar-refractivity contribution in [3.05, 3.63) is 51.9 Å². The number of rotatable bonds is 5. The van der Waals surface area contributed by atoms with Gasteiger partial charge < -0.3 is 0 Å². The number of alkyl halides is 1. The Morgan fingerprint density at radius 2 is 2.00 bits per heavy atom. The molecule has 0 aliphatic heterocycles. The molecule has 0 fully saturated rings. The van der Waals surface area contributed by atoms with Crippen LogP contribution in [-0.4, -0.2) is 15.0 Å². The molecule has 20 heavy (non-hydrogen) atoms. The summed E-state index contributed by atoms with van der Waals surface area (Å²) >= 11 is 10.5. The highest BCUT2D eigenvalue weighted by molar-refractivity contribution is 9.09. The van der Waals surface area contributed by atoms with Gasteiger partial charge in [-0.3, -0.25) is 0 Å². The summed E-state index contributed by atoms with van der Waals surface area (Å²) in [6.07, 6.45) is 0. The number of aryl methyl sites for hydroxylation is 1. The van der Waals surface area contributed by atoms with E-state index in [-0.39, 0.29) is 15.6 Å². The van der Waals surface area contributed by atoms with Crippen LogP contribution < -0.4 is 4.72 Å². The van der Waals surface area contributed by atoms with E-state index in [1.807, 2.05) is 30.3 Å². The van der Waals surface area contributed by atoms with Gasteiger partial charge in [-0.25, -0.2) is 13.1 Å². The highest BCUT2D eigenvalue weighted by Gasteiger charge is 2.19. The first-order valence-electron chi connectivity index (χ1n) is 5.85. The predicted octanol–water partition coefficient (Wildman–Crippen LogP) is 4.12. The highest BCUT2D eigenvalue weighted by Crippen LogP contribution is 2.30. The summed E-state index contributed by atoms with van der Waals surface area (Å²) in [5, 5.41) is 0. The van der Waals surface area contributed by atoms with E-state index in [0.717, 1.165) is 22.5 Å². The van der Waals surface area contributed by atoms with Crippen molar-refractivity contribution in [2.75, 3.05) is 6.54 Å². The lowest BCUT2D eigenvalue weighted by Gasteiger charge is -2.11. The first-order chi connectivity index (χ1) is 9.40. The second kappa shape index (κ2) is 6.58. The molecule has 0 bridgehead atoms. The lowest BCUT2D eigenvalue weighted by atomic mass is 10.2. The Morgan fingerprint density at radius 1 is 1.35 bits per heavy atom. The van der Waals surface area contributed by atoms with Gasteiger partial charge in [0.25, 0.3) is 0 Å². The fourth-order valence-electron chi connectivity index (χ4n) is 1.60. The average molecular weight is 395 g/mol. The van der Waals surface area contributed by atoms with Crippen LogP contribution in [0.2, 0.25) is 4.34 Å². The first kappa shape index (κ1) is 16.0. The second-order valence-electron chi connectivity index (χ2n) is 4.25. The fraction of sp³-hybridized carbons (Fsp3) is 0.231. The maximum absolute atomic E-state index is 12.2. The minimum Gasteiger partial charge on any atom is -0.209 e. The zero-order valence-electron chi connectivity index (χ0n) is 10.6. The van der Waals surface area contributed by atoms with Crippen LogP contribution in [0.3, 0.4) is 0 Å². The summed E-state index contributed by atoms with van der Waals surface area (Å²) in [5.41, 5.74) is 1.80. The number of hydrogen-bond acceptors (Lipinski definition) is 3. The third-order valence-corrected chi connectivity index (χ3v) is 7.02. The zero-order chi connectivity index (χ0) is 14.8. The van der Waals surface area contributed by atoms with Crippen molar-refractivity contribution in [3.8, 4) is 0 Å². The molecule has 108 valence electrons. The molecule has 2 rings (SSSR count). The van der Waals surface area contributed by atoms with E-state index in [2.05, 4.69) is 20.7 Å². The Bertz CT molecular complexity index is 666. The van der Waals surface area contributed by atoms with E-state index in [9.17, 15) is 8.42 Å². The molecule has 1 aromatic carbocycles. The molecule has 0 aliphatic carbocycles. The van der Waals surface area contributed by atoms with Gasteiger partial charge in [0.15, 0.2) is 0 Å². The van der Waals surface area contributed by atoms with Crippen molar-refractivity contribution in [1.29, 1.82) is 0 Å². The SMILES string of the molecule is Cc1cc(S(=O)(=O)NCC(Br)c2ccccc2)sc1Cl. The molecule has 1 N–H and O–H groups in total. The molecule has 1 unspecified atom stereocenters. The van der Waals surface area contributed by atoms with Gasteiger partial charge in [0.05, 0.1) is 9.16 Å². The molecule has 0 aliphatic rings. The van der Waals surface area contributed by atoms with Gasteiger partial charge in [-0.2, -0.15) is 0 Å². The van der Waals surface area contributed by atoms with Gasteiger partial charge >= 0.3 is 0 Å². The molecule has 1 heterocycles. The second-order valence-corrected chi connectivity index (χ2v) is 9.01. The molecule has 1 atom stereocenters. The maximum Gasteiger partial charge on any atom is 0.250 e. The van der Waals surface area contributed by atoms with Crippen LogP contribution >= 0.6 is 38.9 Å². The van der Waals surface area contributed by atoms with Crippen molar-refractivity contribution >= 4 is 48.9 Å². The Kier molecular flexibility index (Phi) is 5.25. The normalized spacial score (nSPS) is 13.3. The maximum atomic E-state index is 12.2. The average Bonchev–Trinajstić information content (AvgIpc) is 2.78. The predicted molar refractivity (Wildman–Crippen MR) is 87.4 cm³/mol. The van der Waals surface area contributed by atoms with Gasteiger partial charge in [-0.15, -0.1) is 11.3 Å². The summed E-state index contributed by atoms with van der Waals surface area (Å²) in [6, 6.07) is 11.2. The van der Waals surface area contributed by atoms with Crippen molar-refractivity contribution in [2.24, 2.45) is 0 Å². The monoisotopic (exact) mass is 393 g/mol. The minimum atomic E-state index is -3.51. The van der Waals surface area contributed by atoms with E-state index < -0.39 is 10.0 Å². The Balaban J connectivity index is 2.06. The van der Waals surface area contributed by atoms with E-state index in [0.29, 0.717) is 4.34 Å². The molecular formula is C13H13BrClNO2S2. The lowest BCUT2D eigenvalue weighted by Crippen LogP contribution is -2.26. The van der Waals surface area contributed by atoms with Crippen LogP contribution in [0.25, 0.3) is 0 Å². The van der Waals surface area contributed by atoms with Crippen molar-refractivity contribution in [3.63, 3.8) is 0 Å². The van der Waals surface area contributed by atoms with Crippen LogP contribution in [0.5, 0.6) is 0 Å². The molecule has 0 radical (unpaired) electrons. The van der Waals surface area contributed by atoms with Crippen LogP contribution in [0.4, 0.5) is 0 Å². The standard InChI is InChI=1S/C13H13BrClNO2S2/c1-9-7-12(19-13(9)15)20(17,18)16-8-11(14)10-5-3-2-4-6-10/h2-7,11,16H,8H2,1H3. The number of nitrogens with one attached hydrogen (secondary N) is 1.